The van der Waals surface area contributed by atoms with Crippen molar-refractivity contribution >= 4 is 16.9 Å². The maximum atomic E-state index is 13.1. The number of rotatable bonds is 7. The van der Waals surface area contributed by atoms with Gasteiger partial charge < -0.3 is 14.6 Å². The van der Waals surface area contributed by atoms with Crippen LogP contribution in [0.1, 0.15) is 23.0 Å². The van der Waals surface area contributed by atoms with Crippen molar-refractivity contribution in [3.63, 3.8) is 0 Å². The van der Waals surface area contributed by atoms with Gasteiger partial charge in [-0.25, -0.2) is 4.98 Å². The molecule has 0 saturated heterocycles. The van der Waals surface area contributed by atoms with Crippen LogP contribution >= 0.6 is 0 Å². The minimum absolute atomic E-state index is 0.0756. The molecule has 1 N–H and O–H groups in total. The maximum Gasteiger partial charge on any atom is 0.244 e. The molecule has 3 rings (SSSR count). The molecule has 1 atom stereocenters. The summed E-state index contributed by atoms with van der Waals surface area (Å²) >= 11 is 0. The molecule has 1 heterocycles. The molecule has 0 aliphatic heterocycles. The van der Waals surface area contributed by atoms with Gasteiger partial charge in [-0.05, 0) is 38.7 Å². The van der Waals surface area contributed by atoms with Gasteiger partial charge in [-0.15, -0.1) is 0 Å². The van der Waals surface area contributed by atoms with Crippen molar-refractivity contribution in [1.82, 2.24) is 19.8 Å². The maximum absolute atomic E-state index is 13.1. The number of imidazole rings is 1. The van der Waals surface area contributed by atoms with Crippen LogP contribution in [0, 0.1) is 6.92 Å². The summed E-state index contributed by atoms with van der Waals surface area (Å²) in [6, 6.07) is 13.6. The highest BCUT2D eigenvalue weighted by atomic mass is 16.5. The third-order valence-electron chi connectivity index (χ3n) is 4.94. The van der Waals surface area contributed by atoms with Crippen LogP contribution in [0.15, 0.2) is 42.5 Å². The summed E-state index contributed by atoms with van der Waals surface area (Å²) < 4.78 is 5.25. The Labute approximate surface area is 166 Å². The second-order valence-corrected chi connectivity index (χ2v) is 7.35. The number of aromatic amines is 1. The van der Waals surface area contributed by atoms with E-state index in [2.05, 4.69) is 9.97 Å². The highest BCUT2D eigenvalue weighted by molar-refractivity contribution is 5.83. The number of hydrogen-bond acceptors (Lipinski definition) is 4. The number of carbonyl (C=O) groups excluding carboxylic acids is 1. The first-order valence-electron chi connectivity index (χ1n) is 9.39. The van der Waals surface area contributed by atoms with Crippen molar-refractivity contribution in [2.75, 3.05) is 34.8 Å². The minimum atomic E-state index is -0.300. The zero-order valence-electron chi connectivity index (χ0n) is 17.2. The Balaban J connectivity index is 1.69. The lowest BCUT2D eigenvalue weighted by Gasteiger charge is -2.28. The number of H-pyrrole nitrogens is 1. The summed E-state index contributed by atoms with van der Waals surface area (Å²) in [5.74, 6) is 1.73. The Hall–Kier alpha value is -2.86. The van der Waals surface area contributed by atoms with Gasteiger partial charge >= 0.3 is 0 Å². The van der Waals surface area contributed by atoms with Crippen LogP contribution in [0.5, 0.6) is 5.75 Å². The van der Waals surface area contributed by atoms with E-state index in [0.717, 1.165) is 28.2 Å². The first kappa shape index (κ1) is 19.9. The number of aryl methyl sites for hydroxylation is 1. The van der Waals surface area contributed by atoms with E-state index in [1.165, 1.54) is 5.56 Å². The van der Waals surface area contributed by atoms with E-state index in [4.69, 9.17) is 4.74 Å². The van der Waals surface area contributed by atoms with Gasteiger partial charge in [-0.3, -0.25) is 9.69 Å². The van der Waals surface area contributed by atoms with Crippen LogP contribution in [0.25, 0.3) is 11.0 Å². The quantitative estimate of drug-likeness (QED) is 0.684. The fourth-order valence-corrected chi connectivity index (χ4v) is 3.29. The molecule has 0 fully saturated rings. The molecule has 6 heteroatoms. The van der Waals surface area contributed by atoms with Gasteiger partial charge in [-0.1, -0.05) is 29.8 Å². The van der Waals surface area contributed by atoms with E-state index in [1.807, 2.05) is 75.4 Å². The van der Waals surface area contributed by atoms with Crippen molar-refractivity contribution in [2.24, 2.45) is 0 Å². The van der Waals surface area contributed by atoms with Gasteiger partial charge in [0.15, 0.2) is 0 Å². The second kappa shape index (κ2) is 8.44. The fraction of sp³-hybridized carbons (Fsp3) is 0.364. The number of nitrogens with zero attached hydrogens (tertiary/aromatic N) is 3. The monoisotopic (exact) mass is 380 g/mol. The molecule has 1 aromatic heterocycles. The van der Waals surface area contributed by atoms with Gasteiger partial charge in [-0.2, -0.15) is 0 Å². The smallest absolute Gasteiger partial charge is 0.244 e. The molecule has 148 valence electrons. The van der Waals surface area contributed by atoms with Gasteiger partial charge in [0.25, 0.3) is 0 Å². The Kier molecular flexibility index (Phi) is 5.99. The summed E-state index contributed by atoms with van der Waals surface area (Å²) in [4.78, 5) is 24.7. The topological polar surface area (TPSA) is 61.5 Å². The Morgan fingerprint density at radius 2 is 1.86 bits per heavy atom. The third-order valence-corrected chi connectivity index (χ3v) is 4.94. The van der Waals surface area contributed by atoms with Crippen molar-refractivity contribution < 1.29 is 9.53 Å². The number of ether oxygens (including phenoxy) is 1. The molecule has 0 unspecified atom stereocenters. The number of likely N-dealkylation sites (N-methyl/N-ethyl adjacent to an activating group) is 2. The van der Waals surface area contributed by atoms with Crippen molar-refractivity contribution in [3.05, 3.63) is 59.4 Å². The van der Waals surface area contributed by atoms with Crippen LogP contribution in [0.3, 0.4) is 0 Å². The van der Waals surface area contributed by atoms with E-state index in [-0.39, 0.29) is 11.9 Å². The largest absolute Gasteiger partial charge is 0.497 e. The molecule has 0 bridgehead atoms. The second-order valence-electron chi connectivity index (χ2n) is 7.35. The molecule has 2 aromatic carbocycles. The highest BCUT2D eigenvalue weighted by Gasteiger charge is 2.25. The average Bonchev–Trinajstić information content (AvgIpc) is 3.09. The van der Waals surface area contributed by atoms with E-state index < -0.39 is 0 Å². The third kappa shape index (κ3) is 4.34. The van der Waals surface area contributed by atoms with Crippen LogP contribution in [0.4, 0.5) is 0 Å². The zero-order chi connectivity index (χ0) is 20.3. The molecule has 0 aliphatic rings. The molecule has 0 aliphatic carbocycles. The molecule has 0 saturated carbocycles. The van der Waals surface area contributed by atoms with Gasteiger partial charge in [0.1, 0.15) is 17.6 Å². The van der Waals surface area contributed by atoms with E-state index in [0.29, 0.717) is 13.0 Å². The normalized spacial score (nSPS) is 12.4. The fourth-order valence-electron chi connectivity index (χ4n) is 3.29. The standard InChI is InChI=1S/C22H28N4O2/c1-15-6-8-16(9-7-15)21(25(2)3)22(27)26(4)13-12-20-23-18-11-10-17(28-5)14-19(18)24-20/h6-11,14,21H,12-13H2,1-5H3,(H,23,24)/t21-/m0/s1. The zero-order valence-corrected chi connectivity index (χ0v) is 17.2. The lowest BCUT2D eigenvalue weighted by molar-refractivity contribution is -0.135. The summed E-state index contributed by atoms with van der Waals surface area (Å²) in [5.41, 5.74) is 4.02. The highest BCUT2D eigenvalue weighted by Crippen LogP contribution is 2.22. The molecular weight excluding hydrogens is 352 g/mol. The summed E-state index contributed by atoms with van der Waals surface area (Å²) in [6.45, 7) is 2.64. The van der Waals surface area contributed by atoms with E-state index in [9.17, 15) is 4.79 Å². The number of nitrogens with one attached hydrogen (secondary N) is 1. The Morgan fingerprint density at radius 1 is 1.14 bits per heavy atom. The lowest BCUT2D eigenvalue weighted by atomic mass is 10.0. The van der Waals surface area contributed by atoms with Gasteiger partial charge in [0, 0.05) is 26.1 Å². The van der Waals surface area contributed by atoms with Crippen LogP contribution in [0.2, 0.25) is 0 Å². The number of benzene rings is 2. The van der Waals surface area contributed by atoms with E-state index >= 15 is 0 Å². The van der Waals surface area contributed by atoms with Crippen molar-refractivity contribution in [2.45, 2.75) is 19.4 Å². The Bertz CT molecular complexity index is 947. The predicted octanol–water partition coefficient (Wildman–Crippen LogP) is 3.18. The number of hydrogen-bond donors (Lipinski definition) is 1. The molecular formula is C22H28N4O2. The molecule has 0 spiro atoms. The van der Waals surface area contributed by atoms with Crippen LogP contribution in [-0.4, -0.2) is 60.5 Å². The van der Waals surface area contributed by atoms with Crippen LogP contribution in [-0.2, 0) is 11.2 Å². The minimum Gasteiger partial charge on any atom is -0.497 e. The SMILES string of the molecule is COc1ccc2nc(CCN(C)C(=O)[C@H](c3ccc(C)cc3)N(C)C)[nH]c2c1. The lowest BCUT2D eigenvalue weighted by Crippen LogP contribution is -2.39. The summed E-state index contributed by atoms with van der Waals surface area (Å²) in [6.07, 6.45) is 0.660. The number of aromatic nitrogens is 2. The number of fused-ring (bicyclic) bond motifs is 1. The van der Waals surface area contributed by atoms with Gasteiger partial charge in [0.05, 0.1) is 18.1 Å². The first-order valence-corrected chi connectivity index (χ1v) is 9.39. The van der Waals surface area contributed by atoms with Crippen LogP contribution < -0.4 is 4.74 Å². The van der Waals surface area contributed by atoms with Crippen molar-refractivity contribution in [3.8, 4) is 5.75 Å². The summed E-state index contributed by atoms with van der Waals surface area (Å²) in [7, 11) is 7.36. The van der Waals surface area contributed by atoms with Gasteiger partial charge in [0.2, 0.25) is 5.91 Å². The number of amides is 1. The first-order chi connectivity index (χ1) is 13.4. The Morgan fingerprint density at radius 3 is 2.50 bits per heavy atom. The van der Waals surface area contributed by atoms with Crippen molar-refractivity contribution in [1.29, 1.82) is 0 Å². The molecule has 3 aromatic rings. The average molecular weight is 380 g/mol. The van der Waals surface area contributed by atoms with E-state index in [1.54, 1.807) is 12.0 Å². The predicted molar refractivity (Wildman–Crippen MR) is 112 cm³/mol. The molecule has 1 amide bonds. The molecule has 6 nitrogen and oxygen atoms in total. The number of methoxy groups -OCH3 is 1. The molecule has 0 radical (unpaired) electrons. The molecule has 28 heavy (non-hydrogen) atoms. The number of carbonyl (C=O) groups is 1. The summed E-state index contributed by atoms with van der Waals surface area (Å²) in [5, 5.41) is 0.